The van der Waals surface area contributed by atoms with Gasteiger partial charge in [-0.1, -0.05) is 13.8 Å². The standard InChI is InChI=1S/C23H40O3/c1-4-13-26-15-23-12-10-19-18(20(23)7-8-21(23)25-3)6-5-16-14-17(24)9-11-22(16,19)2/h16-21,24H,4-15H2,1-3H3/t16-,17+,18+,19-,20-,21-,22-,23+/m0/s1. The summed E-state index contributed by atoms with van der Waals surface area (Å²) in [5, 5.41) is 10.2. The lowest BCUT2D eigenvalue weighted by atomic mass is 9.45. The van der Waals surface area contributed by atoms with Gasteiger partial charge in [0.25, 0.3) is 0 Å². The Labute approximate surface area is 160 Å². The Morgan fingerprint density at radius 2 is 1.85 bits per heavy atom. The molecule has 3 heteroatoms. The molecule has 0 unspecified atom stereocenters. The van der Waals surface area contributed by atoms with E-state index in [0.29, 0.717) is 11.5 Å². The average Bonchev–Trinajstić information content (AvgIpc) is 3.01. The van der Waals surface area contributed by atoms with Crippen LogP contribution in [0.2, 0.25) is 0 Å². The van der Waals surface area contributed by atoms with Crippen molar-refractivity contribution < 1.29 is 14.6 Å². The van der Waals surface area contributed by atoms with Crippen LogP contribution in [-0.4, -0.2) is 37.6 Å². The minimum absolute atomic E-state index is 0.0425. The van der Waals surface area contributed by atoms with E-state index in [-0.39, 0.29) is 11.5 Å². The maximum absolute atomic E-state index is 10.2. The van der Waals surface area contributed by atoms with Crippen molar-refractivity contribution in [2.75, 3.05) is 20.3 Å². The van der Waals surface area contributed by atoms with E-state index in [9.17, 15) is 5.11 Å². The van der Waals surface area contributed by atoms with Crippen molar-refractivity contribution in [3.05, 3.63) is 0 Å². The summed E-state index contributed by atoms with van der Waals surface area (Å²) in [5.41, 5.74) is 0.728. The van der Waals surface area contributed by atoms with Crippen LogP contribution in [0.15, 0.2) is 0 Å². The molecule has 150 valence electrons. The Morgan fingerprint density at radius 1 is 1.00 bits per heavy atom. The predicted molar refractivity (Wildman–Crippen MR) is 104 cm³/mol. The molecule has 3 nitrogen and oxygen atoms in total. The molecule has 4 rings (SSSR count). The van der Waals surface area contributed by atoms with Crippen molar-refractivity contribution in [2.24, 2.45) is 34.5 Å². The third-order valence-corrected chi connectivity index (χ3v) is 9.28. The van der Waals surface area contributed by atoms with Crippen molar-refractivity contribution in [3.63, 3.8) is 0 Å². The molecule has 1 N–H and O–H groups in total. The maximum atomic E-state index is 10.2. The summed E-state index contributed by atoms with van der Waals surface area (Å²) >= 11 is 0. The van der Waals surface area contributed by atoms with E-state index in [4.69, 9.17) is 9.47 Å². The molecule has 0 radical (unpaired) electrons. The van der Waals surface area contributed by atoms with Gasteiger partial charge in [-0.3, -0.25) is 0 Å². The number of ether oxygens (including phenoxy) is 2. The van der Waals surface area contributed by atoms with Crippen LogP contribution in [0.3, 0.4) is 0 Å². The van der Waals surface area contributed by atoms with Gasteiger partial charge < -0.3 is 14.6 Å². The third kappa shape index (κ3) is 2.88. The van der Waals surface area contributed by atoms with E-state index in [2.05, 4.69) is 13.8 Å². The molecule has 0 spiro atoms. The Morgan fingerprint density at radius 3 is 2.62 bits per heavy atom. The molecule has 0 amide bonds. The Hall–Kier alpha value is -0.120. The van der Waals surface area contributed by atoms with Crippen LogP contribution in [0.1, 0.15) is 78.1 Å². The van der Waals surface area contributed by atoms with Gasteiger partial charge in [0, 0.05) is 19.1 Å². The minimum Gasteiger partial charge on any atom is -0.393 e. The number of hydrogen-bond donors (Lipinski definition) is 1. The fraction of sp³-hybridized carbons (Fsp3) is 1.00. The molecule has 4 aliphatic rings. The van der Waals surface area contributed by atoms with Gasteiger partial charge in [0.15, 0.2) is 0 Å². The van der Waals surface area contributed by atoms with Crippen LogP contribution in [0, 0.1) is 34.5 Å². The normalized spacial score (nSPS) is 50.8. The fourth-order valence-electron chi connectivity index (χ4n) is 8.03. The summed E-state index contributed by atoms with van der Waals surface area (Å²) in [6, 6.07) is 0. The number of methoxy groups -OCH3 is 1. The lowest BCUT2D eigenvalue weighted by molar-refractivity contribution is -0.160. The van der Waals surface area contributed by atoms with E-state index in [1.807, 2.05) is 7.11 Å². The van der Waals surface area contributed by atoms with Crippen LogP contribution < -0.4 is 0 Å². The van der Waals surface area contributed by atoms with Crippen molar-refractivity contribution in [3.8, 4) is 0 Å². The number of hydrogen-bond acceptors (Lipinski definition) is 3. The lowest BCUT2D eigenvalue weighted by Gasteiger charge is -2.61. The van der Waals surface area contributed by atoms with E-state index in [1.54, 1.807) is 0 Å². The zero-order valence-corrected chi connectivity index (χ0v) is 17.2. The fourth-order valence-corrected chi connectivity index (χ4v) is 8.03. The van der Waals surface area contributed by atoms with Crippen LogP contribution >= 0.6 is 0 Å². The Kier molecular flexibility index (Phi) is 5.44. The van der Waals surface area contributed by atoms with Crippen LogP contribution in [0.4, 0.5) is 0 Å². The molecule has 0 saturated heterocycles. The second-order valence-electron chi connectivity index (χ2n) is 10.2. The maximum Gasteiger partial charge on any atom is 0.0652 e. The second kappa shape index (κ2) is 7.37. The van der Waals surface area contributed by atoms with E-state index in [0.717, 1.165) is 56.1 Å². The molecule has 0 aromatic rings. The molecule has 4 fully saturated rings. The van der Waals surface area contributed by atoms with Gasteiger partial charge in [0.05, 0.1) is 18.8 Å². The Balaban J connectivity index is 1.57. The van der Waals surface area contributed by atoms with Crippen molar-refractivity contribution in [1.82, 2.24) is 0 Å². The van der Waals surface area contributed by atoms with Crippen molar-refractivity contribution in [1.29, 1.82) is 0 Å². The third-order valence-electron chi connectivity index (χ3n) is 9.28. The quantitative estimate of drug-likeness (QED) is 0.711. The number of aliphatic hydroxyl groups is 1. The molecule has 0 aromatic heterocycles. The Bertz CT molecular complexity index is 494. The van der Waals surface area contributed by atoms with Gasteiger partial charge in [0.1, 0.15) is 0 Å². The summed E-state index contributed by atoms with van der Waals surface area (Å²) in [4.78, 5) is 0. The highest BCUT2D eigenvalue weighted by atomic mass is 16.5. The summed E-state index contributed by atoms with van der Waals surface area (Å²) in [7, 11) is 1.92. The highest BCUT2D eigenvalue weighted by molar-refractivity contribution is 5.11. The molecule has 0 heterocycles. The van der Waals surface area contributed by atoms with Gasteiger partial charge >= 0.3 is 0 Å². The first-order chi connectivity index (χ1) is 12.5. The largest absolute Gasteiger partial charge is 0.393 e. The first-order valence-corrected chi connectivity index (χ1v) is 11.3. The second-order valence-corrected chi connectivity index (χ2v) is 10.2. The zero-order valence-electron chi connectivity index (χ0n) is 17.2. The average molecular weight is 365 g/mol. The van der Waals surface area contributed by atoms with E-state index < -0.39 is 0 Å². The van der Waals surface area contributed by atoms with Crippen LogP contribution in [0.5, 0.6) is 0 Å². The van der Waals surface area contributed by atoms with E-state index in [1.165, 1.54) is 44.9 Å². The van der Waals surface area contributed by atoms with Gasteiger partial charge in [0.2, 0.25) is 0 Å². The predicted octanol–water partition coefficient (Wildman–Crippen LogP) is 4.81. The minimum atomic E-state index is -0.0425. The summed E-state index contributed by atoms with van der Waals surface area (Å²) < 4.78 is 12.2. The summed E-state index contributed by atoms with van der Waals surface area (Å²) in [6.45, 7) is 6.57. The summed E-state index contributed by atoms with van der Waals surface area (Å²) in [5.74, 6) is 3.24. The molecular weight excluding hydrogens is 324 g/mol. The van der Waals surface area contributed by atoms with E-state index >= 15 is 0 Å². The first kappa shape index (κ1) is 19.2. The highest BCUT2D eigenvalue weighted by Crippen LogP contribution is 2.66. The zero-order chi connectivity index (χ0) is 18.4. The number of aliphatic hydroxyl groups excluding tert-OH is 1. The smallest absolute Gasteiger partial charge is 0.0652 e. The molecular formula is C23H40O3. The van der Waals surface area contributed by atoms with Crippen LogP contribution in [-0.2, 0) is 9.47 Å². The van der Waals surface area contributed by atoms with Gasteiger partial charge in [-0.15, -0.1) is 0 Å². The molecule has 0 aliphatic heterocycles. The molecule has 0 bridgehead atoms. The summed E-state index contributed by atoms with van der Waals surface area (Å²) in [6.07, 6.45) is 12.6. The molecule has 26 heavy (non-hydrogen) atoms. The van der Waals surface area contributed by atoms with Gasteiger partial charge in [-0.2, -0.15) is 0 Å². The molecule has 4 aliphatic carbocycles. The topological polar surface area (TPSA) is 38.7 Å². The highest BCUT2D eigenvalue weighted by Gasteiger charge is 2.62. The number of rotatable bonds is 5. The van der Waals surface area contributed by atoms with Gasteiger partial charge in [-0.25, -0.2) is 0 Å². The molecule has 8 atom stereocenters. The lowest BCUT2D eigenvalue weighted by Crippen LogP contribution is -2.56. The van der Waals surface area contributed by atoms with Gasteiger partial charge in [-0.05, 0) is 93.3 Å². The SMILES string of the molecule is CCCOC[C@]12CC[C@H]3[C@@H](CC[C@H]4C[C@H](O)CC[C@@]43C)[C@@H]1CC[C@@H]2OC. The van der Waals surface area contributed by atoms with Crippen molar-refractivity contribution in [2.45, 2.75) is 90.3 Å². The van der Waals surface area contributed by atoms with Crippen LogP contribution in [0.25, 0.3) is 0 Å². The number of fused-ring (bicyclic) bond motifs is 5. The molecule has 4 saturated carbocycles. The molecule has 0 aromatic carbocycles. The monoisotopic (exact) mass is 364 g/mol. The first-order valence-electron chi connectivity index (χ1n) is 11.3. The van der Waals surface area contributed by atoms with Crippen molar-refractivity contribution >= 4 is 0 Å².